The summed E-state index contributed by atoms with van der Waals surface area (Å²) in [6, 6.07) is 4.33. The number of likely N-dealkylation sites (N-methyl/N-ethyl adjacent to an activating group) is 2. The molecule has 2 aliphatic carbocycles. The van der Waals surface area contributed by atoms with Crippen LogP contribution < -0.4 is 21.3 Å². The molecule has 2 aromatic rings. The molecule has 4 fully saturated rings. The third-order valence-corrected chi connectivity index (χ3v) is 8.70. The van der Waals surface area contributed by atoms with Crippen molar-refractivity contribution in [2.45, 2.75) is 63.2 Å². The highest BCUT2D eigenvalue weighted by Gasteiger charge is 2.23. The molecule has 6 rings (SSSR count). The van der Waals surface area contributed by atoms with Crippen molar-refractivity contribution in [1.82, 2.24) is 29.7 Å². The van der Waals surface area contributed by atoms with Crippen LogP contribution in [0.2, 0.25) is 0 Å². The van der Waals surface area contributed by atoms with Gasteiger partial charge in [-0.25, -0.2) is 9.97 Å². The molecule has 4 aliphatic rings. The number of piperazine rings is 2. The van der Waals surface area contributed by atoms with Crippen molar-refractivity contribution in [3.05, 3.63) is 23.5 Å². The van der Waals surface area contributed by atoms with Crippen LogP contribution in [0.3, 0.4) is 0 Å². The van der Waals surface area contributed by atoms with Gasteiger partial charge < -0.3 is 31.1 Å². The number of aromatic nitrogens is 4. The van der Waals surface area contributed by atoms with E-state index in [0.29, 0.717) is 23.7 Å². The van der Waals surface area contributed by atoms with E-state index in [4.69, 9.17) is 11.5 Å². The zero-order valence-electron chi connectivity index (χ0n) is 23.4. The number of nitrogens with zero attached hydrogens (tertiary/aromatic N) is 8. The maximum absolute atomic E-state index is 5.90. The van der Waals surface area contributed by atoms with E-state index in [1.165, 1.54) is 51.4 Å². The zero-order valence-corrected chi connectivity index (χ0v) is 23.4. The smallest absolute Gasteiger partial charge is 0.222 e. The molecule has 38 heavy (non-hydrogen) atoms. The molecule has 2 aliphatic heterocycles. The lowest BCUT2D eigenvalue weighted by atomic mass is 10.0. The van der Waals surface area contributed by atoms with E-state index < -0.39 is 0 Å². The van der Waals surface area contributed by atoms with Gasteiger partial charge in [0.1, 0.15) is 11.6 Å². The fourth-order valence-corrected chi connectivity index (χ4v) is 6.20. The molecular weight excluding hydrogens is 476 g/mol. The van der Waals surface area contributed by atoms with Gasteiger partial charge in [0.05, 0.1) is 11.4 Å². The Bertz CT molecular complexity index is 950. The molecule has 10 heteroatoms. The third-order valence-electron chi connectivity index (χ3n) is 8.70. The summed E-state index contributed by atoms with van der Waals surface area (Å²) in [7, 11) is 4.32. The summed E-state index contributed by atoms with van der Waals surface area (Å²) in [5.74, 6) is 4.08. The number of nitrogen functional groups attached to an aromatic ring is 2. The van der Waals surface area contributed by atoms with E-state index in [1.54, 1.807) is 0 Å². The van der Waals surface area contributed by atoms with Crippen molar-refractivity contribution < 1.29 is 0 Å². The molecule has 208 valence electrons. The summed E-state index contributed by atoms with van der Waals surface area (Å²) >= 11 is 0. The second-order valence-electron chi connectivity index (χ2n) is 11.6. The number of rotatable bonds is 4. The molecular formula is C28H46N10. The Kier molecular flexibility index (Phi) is 8.79. The molecule has 10 nitrogen and oxygen atoms in total. The van der Waals surface area contributed by atoms with Crippen LogP contribution in [-0.4, -0.2) is 96.2 Å². The molecule has 2 saturated heterocycles. The van der Waals surface area contributed by atoms with Crippen LogP contribution in [0.1, 0.15) is 74.6 Å². The average Bonchev–Trinajstić information content (AvgIpc) is 3.64. The number of hydrogen-bond donors (Lipinski definition) is 2. The second kappa shape index (κ2) is 12.4. The van der Waals surface area contributed by atoms with Gasteiger partial charge in [-0.3, -0.25) is 0 Å². The van der Waals surface area contributed by atoms with Crippen molar-refractivity contribution in [3.63, 3.8) is 0 Å². The zero-order chi connectivity index (χ0) is 26.5. The van der Waals surface area contributed by atoms with Gasteiger partial charge in [-0.05, 0) is 39.8 Å². The van der Waals surface area contributed by atoms with Crippen LogP contribution in [0, 0.1) is 0 Å². The van der Waals surface area contributed by atoms with Gasteiger partial charge in [0.2, 0.25) is 11.9 Å². The summed E-state index contributed by atoms with van der Waals surface area (Å²) in [4.78, 5) is 27.1. The predicted octanol–water partition coefficient (Wildman–Crippen LogP) is 2.94. The van der Waals surface area contributed by atoms with Gasteiger partial charge in [-0.15, -0.1) is 0 Å². The summed E-state index contributed by atoms with van der Waals surface area (Å²) < 4.78 is 0. The highest BCUT2D eigenvalue weighted by atomic mass is 15.3. The van der Waals surface area contributed by atoms with Crippen molar-refractivity contribution in [1.29, 1.82) is 0 Å². The Morgan fingerprint density at radius 2 is 0.895 bits per heavy atom. The van der Waals surface area contributed by atoms with Crippen LogP contribution in [0.25, 0.3) is 0 Å². The van der Waals surface area contributed by atoms with Gasteiger partial charge in [0.15, 0.2) is 0 Å². The van der Waals surface area contributed by atoms with Crippen molar-refractivity contribution >= 4 is 23.5 Å². The van der Waals surface area contributed by atoms with E-state index in [-0.39, 0.29) is 0 Å². The molecule has 0 bridgehead atoms. The first kappa shape index (κ1) is 26.9. The Morgan fingerprint density at radius 1 is 0.553 bits per heavy atom. The molecule has 2 aromatic heterocycles. The third kappa shape index (κ3) is 6.83. The first-order valence-electron chi connectivity index (χ1n) is 14.6. The first-order chi connectivity index (χ1) is 18.4. The van der Waals surface area contributed by atoms with Crippen LogP contribution in [0.5, 0.6) is 0 Å². The summed E-state index contributed by atoms with van der Waals surface area (Å²) in [6.07, 6.45) is 10.3. The Balaban J connectivity index is 0.000000155. The van der Waals surface area contributed by atoms with Crippen LogP contribution in [0.15, 0.2) is 12.1 Å². The van der Waals surface area contributed by atoms with Gasteiger partial charge in [0, 0.05) is 76.3 Å². The van der Waals surface area contributed by atoms with Crippen LogP contribution in [0.4, 0.5) is 23.5 Å². The molecule has 0 radical (unpaired) electrons. The summed E-state index contributed by atoms with van der Waals surface area (Å²) in [5.41, 5.74) is 14.1. The lowest BCUT2D eigenvalue weighted by molar-refractivity contribution is 0.312. The molecule has 0 amide bonds. The Morgan fingerprint density at radius 3 is 1.24 bits per heavy atom. The fraction of sp³-hybridized carbons (Fsp3) is 0.714. The molecule has 0 spiro atoms. The highest BCUT2D eigenvalue weighted by Crippen LogP contribution is 2.35. The van der Waals surface area contributed by atoms with Crippen molar-refractivity contribution in [2.75, 3.05) is 87.7 Å². The summed E-state index contributed by atoms with van der Waals surface area (Å²) in [5, 5.41) is 0. The van der Waals surface area contributed by atoms with Gasteiger partial charge in [-0.1, -0.05) is 25.7 Å². The van der Waals surface area contributed by atoms with Crippen LogP contribution in [-0.2, 0) is 0 Å². The van der Waals surface area contributed by atoms with Crippen molar-refractivity contribution in [3.8, 4) is 0 Å². The Hall–Kier alpha value is -2.72. The number of hydrogen-bond acceptors (Lipinski definition) is 10. The second-order valence-corrected chi connectivity index (χ2v) is 11.6. The standard InChI is InChI=1S/2C14H23N5/c2*1-18-6-8-19(9-7-18)13-10-12(16-14(15)17-13)11-4-2-3-5-11/h2*10-11H,2-9H2,1H3,(H2,15,16,17). The first-order valence-corrected chi connectivity index (χ1v) is 14.6. The lowest BCUT2D eigenvalue weighted by Crippen LogP contribution is -2.45. The highest BCUT2D eigenvalue weighted by molar-refractivity contribution is 5.46. The van der Waals surface area contributed by atoms with Crippen LogP contribution >= 0.6 is 0 Å². The molecule has 4 heterocycles. The minimum atomic E-state index is 0.429. The lowest BCUT2D eigenvalue weighted by Gasteiger charge is -2.33. The van der Waals surface area contributed by atoms with Gasteiger partial charge in [-0.2, -0.15) is 9.97 Å². The fourth-order valence-electron chi connectivity index (χ4n) is 6.20. The average molecular weight is 523 g/mol. The maximum Gasteiger partial charge on any atom is 0.222 e. The van der Waals surface area contributed by atoms with E-state index in [2.05, 4.69) is 65.8 Å². The molecule has 0 unspecified atom stereocenters. The molecule has 2 saturated carbocycles. The SMILES string of the molecule is CN1CCN(c2cc(C3CCCC3)nc(N)n2)CC1.CN1CCN(c2cc(C3CCCC3)nc(N)n2)CC1. The van der Waals surface area contributed by atoms with E-state index in [1.807, 2.05) is 0 Å². The predicted molar refractivity (Wildman–Crippen MR) is 155 cm³/mol. The Labute approximate surface area is 227 Å². The minimum Gasteiger partial charge on any atom is -0.368 e. The molecule has 0 atom stereocenters. The number of anilines is 4. The minimum absolute atomic E-state index is 0.429. The maximum atomic E-state index is 5.90. The quantitative estimate of drug-likeness (QED) is 0.621. The normalized spacial score (nSPS) is 22.1. The van der Waals surface area contributed by atoms with Gasteiger partial charge >= 0.3 is 0 Å². The molecule has 0 aromatic carbocycles. The largest absolute Gasteiger partial charge is 0.368 e. The number of nitrogens with two attached hydrogens (primary N) is 2. The monoisotopic (exact) mass is 522 g/mol. The van der Waals surface area contributed by atoms with Gasteiger partial charge in [0.25, 0.3) is 0 Å². The van der Waals surface area contributed by atoms with E-state index >= 15 is 0 Å². The molecule has 4 N–H and O–H groups in total. The summed E-state index contributed by atoms with van der Waals surface area (Å²) in [6.45, 7) is 8.44. The van der Waals surface area contributed by atoms with Crippen molar-refractivity contribution in [2.24, 2.45) is 0 Å². The topological polar surface area (TPSA) is 117 Å². The van der Waals surface area contributed by atoms with E-state index in [9.17, 15) is 0 Å². The van der Waals surface area contributed by atoms with E-state index in [0.717, 1.165) is 75.4 Å².